The van der Waals surface area contributed by atoms with Gasteiger partial charge in [-0.05, 0) is 13.0 Å². The third-order valence-electron chi connectivity index (χ3n) is 2.06. The Bertz CT molecular complexity index is 479. The maximum atomic E-state index is 11.4. The van der Waals surface area contributed by atoms with Gasteiger partial charge in [-0.3, -0.25) is 5.10 Å². The first kappa shape index (κ1) is 11.6. The van der Waals surface area contributed by atoms with Gasteiger partial charge in [0, 0.05) is 17.3 Å². The van der Waals surface area contributed by atoms with E-state index >= 15 is 0 Å². The SMILES string of the molecule is Cc1csc(CNC(=O)NCc2ccn[nH]2)n1. The molecule has 0 fully saturated rings. The summed E-state index contributed by atoms with van der Waals surface area (Å²) in [6.07, 6.45) is 1.65. The molecule has 2 aromatic rings. The highest BCUT2D eigenvalue weighted by Crippen LogP contribution is 2.07. The summed E-state index contributed by atoms with van der Waals surface area (Å²) in [7, 11) is 0. The molecule has 90 valence electrons. The third-order valence-corrected chi connectivity index (χ3v) is 3.03. The third kappa shape index (κ3) is 3.56. The van der Waals surface area contributed by atoms with Gasteiger partial charge in [-0.25, -0.2) is 9.78 Å². The van der Waals surface area contributed by atoms with Crippen LogP contribution in [-0.2, 0) is 13.1 Å². The van der Waals surface area contributed by atoms with Crippen molar-refractivity contribution >= 4 is 17.4 Å². The number of hydrogen-bond donors (Lipinski definition) is 3. The highest BCUT2D eigenvalue weighted by molar-refractivity contribution is 7.09. The van der Waals surface area contributed by atoms with Crippen molar-refractivity contribution in [3.8, 4) is 0 Å². The van der Waals surface area contributed by atoms with Crippen LogP contribution < -0.4 is 10.6 Å². The van der Waals surface area contributed by atoms with E-state index in [2.05, 4.69) is 25.8 Å². The van der Waals surface area contributed by atoms with Gasteiger partial charge in [-0.1, -0.05) is 0 Å². The number of hydrogen-bond acceptors (Lipinski definition) is 4. The quantitative estimate of drug-likeness (QED) is 0.763. The molecule has 0 saturated carbocycles. The second kappa shape index (κ2) is 5.44. The minimum atomic E-state index is -0.215. The molecule has 2 amide bonds. The lowest BCUT2D eigenvalue weighted by molar-refractivity contribution is 0.240. The van der Waals surface area contributed by atoms with Crippen LogP contribution >= 0.6 is 11.3 Å². The summed E-state index contributed by atoms with van der Waals surface area (Å²) < 4.78 is 0. The van der Waals surface area contributed by atoms with Crippen LogP contribution in [0.3, 0.4) is 0 Å². The summed E-state index contributed by atoms with van der Waals surface area (Å²) in [6, 6.07) is 1.59. The van der Waals surface area contributed by atoms with Crippen molar-refractivity contribution in [1.82, 2.24) is 25.8 Å². The van der Waals surface area contributed by atoms with Gasteiger partial charge in [-0.15, -0.1) is 11.3 Å². The van der Waals surface area contributed by atoms with E-state index < -0.39 is 0 Å². The van der Waals surface area contributed by atoms with E-state index in [4.69, 9.17) is 0 Å². The van der Waals surface area contributed by atoms with Gasteiger partial charge < -0.3 is 10.6 Å². The summed E-state index contributed by atoms with van der Waals surface area (Å²) in [5.41, 5.74) is 1.84. The van der Waals surface area contributed by atoms with E-state index in [1.165, 1.54) is 11.3 Å². The minimum Gasteiger partial charge on any atom is -0.333 e. The van der Waals surface area contributed by atoms with Crippen molar-refractivity contribution < 1.29 is 4.79 Å². The highest BCUT2D eigenvalue weighted by Gasteiger charge is 2.03. The number of H-pyrrole nitrogens is 1. The number of nitrogens with one attached hydrogen (secondary N) is 3. The molecule has 0 aliphatic heterocycles. The highest BCUT2D eigenvalue weighted by atomic mass is 32.1. The van der Waals surface area contributed by atoms with Crippen molar-refractivity contribution in [1.29, 1.82) is 0 Å². The molecule has 0 atom stereocenters. The summed E-state index contributed by atoms with van der Waals surface area (Å²) in [5, 5.41) is 14.9. The summed E-state index contributed by atoms with van der Waals surface area (Å²) in [4.78, 5) is 15.7. The first-order valence-corrected chi connectivity index (χ1v) is 6.03. The Kier molecular flexibility index (Phi) is 3.71. The van der Waals surface area contributed by atoms with E-state index in [1.54, 1.807) is 6.20 Å². The van der Waals surface area contributed by atoms with E-state index in [9.17, 15) is 4.79 Å². The fourth-order valence-corrected chi connectivity index (χ4v) is 1.97. The van der Waals surface area contributed by atoms with Gasteiger partial charge in [0.2, 0.25) is 0 Å². The van der Waals surface area contributed by atoms with Gasteiger partial charge in [0.05, 0.1) is 18.8 Å². The Balaban J connectivity index is 1.71. The Morgan fingerprint density at radius 2 is 2.29 bits per heavy atom. The van der Waals surface area contributed by atoms with E-state index in [-0.39, 0.29) is 6.03 Å². The second-order valence-corrected chi connectivity index (χ2v) is 4.44. The lowest BCUT2D eigenvalue weighted by atomic mass is 10.4. The van der Waals surface area contributed by atoms with Crippen molar-refractivity contribution in [3.05, 3.63) is 34.0 Å². The Hall–Kier alpha value is -1.89. The van der Waals surface area contributed by atoms with Gasteiger partial charge in [0.1, 0.15) is 5.01 Å². The van der Waals surface area contributed by atoms with Crippen LogP contribution in [0, 0.1) is 6.92 Å². The molecule has 6 nitrogen and oxygen atoms in total. The Morgan fingerprint density at radius 3 is 2.94 bits per heavy atom. The molecule has 0 aliphatic rings. The molecular weight excluding hydrogens is 238 g/mol. The molecule has 2 rings (SSSR count). The lowest BCUT2D eigenvalue weighted by Gasteiger charge is -2.04. The molecular formula is C10H13N5OS. The number of nitrogens with zero attached hydrogens (tertiary/aromatic N) is 2. The van der Waals surface area contributed by atoms with Crippen molar-refractivity contribution in [2.24, 2.45) is 0 Å². The zero-order chi connectivity index (χ0) is 12.1. The number of urea groups is 1. The van der Waals surface area contributed by atoms with Crippen LogP contribution in [0.25, 0.3) is 0 Å². The average molecular weight is 251 g/mol. The van der Waals surface area contributed by atoms with Gasteiger partial charge in [0.15, 0.2) is 0 Å². The van der Waals surface area contributed by atoms with E-state index in [0.29, 0.717) is 13.1 Å². The first-order valence-electron chi connectivity index (χ1n) is 5.15. The molecule has 0 radical (unpaired) electrons. The van der Waals surface area contributed by atoms with Crippen molar-refractivity contribution in [2.45, 2.75) is 20.0 Å². The molecule has 0 unspecified atom stereocenters. The Morgan fingerprint density at radius 1 is 1.47 bits per heavy atom. The topological polar surface area (TPSA) is 82.7 Å². The first-order chi connectivity index (χ1) is 8.24. The molecule has 7 heteroatoms. The fraction of sp³-hybridized carbons (Fsp3) is 0.300. The number of carbonyl (C=O) groups is 1. The maximum Gasteiger partial charge on any atom is 0.315 e. The number of aromatic amines is 1. The van der Waals surface area contributed by atoms with Crippen molar-refractivity contribution in [2.75, 3.05) is 0 Å². The maximum absolute atomic E-state index is 11.4. The predicted molar refractivity (Wildman–Crippen MR) is 64.5 cm³/mol. The number of aromatic nitrogens is 3. The second-order valence-electron chi connectivity index (χ2n) is 3.50. The monoisotopic (exact) mass is 251 g/mol. The van der Waals surface area contributed by atoms with Crippen LogP contribution in [-0.4, -0.2) is 21.2 Å². The molecule has 17 heavy (non-hydrogen) atoms. The summed E-state index contributed by atoms with van der Waals surface area (Å²) >= 11 is 1.54. The molecule has 0 spiro atoms. The largest absolute Gasteiger partial charge is 0.333 e. The number of rotatable bonds is 4. The molecule has 0 saturated heterocycles. The number of thiazole rings is 1. The molecule has 0 bridgehead atoms. The number of carbonyl (C=O) groups excluding carboxylic acids is 1. The lowest BCUT2D eigenvalue weighted by Crippen LogP contribution is -2.34. The van der Waals surface area contributed by atoms with E-state index in [1.807, 2.05) is 18.4 Å². The molecule has 3 N–H and O–H groups in total. The smallest absolute Gasteiger partial charge is 0.315 e. The zero-order valence-corrected chi connectivity index (χ0v) is 10.2. The number of amides is 2. The predicted octanol–water partition coefficient (Wildman–Crippen LogP) is 1.17. The van der Waals surface area contributed by atoms with Gasteiger partial charge in [-0.2, -0.15) is 5.10 Å². The van der Waals surface area contributed by atoms with Gasteiger partial charge >= 0.3 is 6.03 Å². The van der Waals surface area contributed by atoms with Crippen LogP contribution in [0.1, 0.15) is 16.4 Å². The Labute approximate surface area is 102 Å². The molecule has 2 aromatic heterocycles. The van der Waals surface area contributed by atoms with Gasteiger partial charge in [0.25, 0.3) is 0 Å². The van der Waals surface area contributed by atoms with Crippen LogP contribution in [0.2, 0.25) is 0 Å². The summed E-state index contributed by atoms with van der Waals surface area (Å²) in [6.45, 7) is 2.81. The average Bonchev–Trinajstić information content (AvgIpc) is 2.95. The van der Waals surface area contributed by atoms with Crippen LogP contribution in [0.4, 0.5) is 4.79 Å². The van der Waals surface area contributed by atoms with E-state index in [0.717, 1.165) is 16.4 Å². The molecule has 0 aromatic carbocycles. The normalized spacial score (nSPS) is 10.2. The fourth-order valence-electron chi connectivity index (χ4n) is 1.26. The summed E-state index contributed by atoms with van der Waals surface area (Å²) in [5.74, 6) is 0. The minimum absolute atomic E-state index is 0.215. The van der Waals surface area contributed by atoms with Crippen LogP contribution in [0.15, 0.2) is 17.6 Å². The van der Waals surface area contributed by atoms with Crippen LogP contribution in [0.5, 0.6) is 0 Å². The van der Waals surface area contributed by atoms with Crippen molar-refractivity contribution in [3.63, 3.8) is 0 Å². The molecule has 2 heterocycles. The standard InChI is InChI=1S/C10H13N5OS/c1-7-6-17-9(14-7)5-12-10(16)11-4-8-2-3-13-15-8/h2-3,6H,4-5H2,1H3,(H,13,15)(H2,11,12,16). The molecule has 0 aliphatic carbocycles. The number of aryl methyl sites for hydroxylation is 1. The zero-order valence-electron chi connectivity index (χ0n) is 9.36.